The van der Waals surface area contributed by atoms with Crippen molar-refractivity contribution in [2.24, 2.45) is 0 Å². The third kappa shape index (κ3) is 3.48. The van der Waals surface area contributed by atoms with E-state index in [4.69, 9.17) is 0 Å². The molecule has 12 heteroatoms. The fourth-order valence-corrected chi connectivity index (χ4v) is 2.16. The Balaban J connectivity index is 1.90. The van der Waals surface area contributed by atoms with Gasteiger partial charge in [-0.3, -0.25) is 0 Å². The molecular weight excluding hydrogens is 438 g/mol. The van der Waals surface area contributed by atoms with Crippen molar-refractivity contribution >= 4 is 0 Å². The zero-order valence-corrected chi connectivity index (χ0v) is 13.9. The van der Waals surface area contributed by atoms with Crippen molar-refractivity contribution < 1.29 is 53.4 Å². The van der Waals surface area contributed by atoms with Gasteiger partial charge in [0.1, 0.15) is 11.5 Å². The van der Waals surface area contributed by atoms with E-state index in [2.05, 4.69) is 9.47 Å². The van der Waals surface area contributed by atoms with Gasteiger partial charge in [-0.1, -0.05) is 0 Å². The minimum atomic E-state index is -2.40. The normalized spacial score (nSPS) is 11.0. The Hall–Kier alpha value is -3.44. The van der Waals surface area contributed by atoms with Crippen molar-refractivity contribution in [3.8, 4) is 23.0 Å². The molecule has 0 radical (unpaired) electrons. The molecular formula is C18H4F10O2. The zero-order valence-electron chi connectivity index (χ0n) is 13.9. The number of rotatable bonds is 4. The molecule has 0 heterocycles. The van der Waals surface area contributed by atoms with Crippen LogP contribution >= 0.6 is 0 Å². The first-order chi connectivity index (χ1) is 14.0. The van der Waals surface area contributed by atoms with Crippen LogP contribution in [0.3, 0.4) is 0 Å². The molecule has 30 heavy (non-hydrogen) atoms. The average Bonchev–Trinajstić information content (AvgIpc) is 2.75. The molecule has 0 aliphatic heterocycles. The molecule has 3 aromatic rings. The molecule has 0 saturated heterocycles. The lowest BCUT2D eigenvalue weighted by Crippen LogP contribution is -2.04. The van der Waals surface area contributed by atoms with Gasteiger partial charge < -0.3 is 9.47 Å². The number of ether oxygens (including phenoxy) is 2. The molecule has 0 spiro atoms. The first-order valence-corrected chi connectivity index (χ1v) is 7.53. The van der Waals surface area contributed by atoms with Crippen LogP contribution in [0.4, 0.5) is 43.9 Å². The smallest absolute Gasteiger partial charge is 0.207 e. The van der Waals surface area contributed by atoms with Crippen LogP contribution in [0.5, 0.6) is 23.0 Å². The molecule has 158 valence electrons. The molecule has 0 fully saturated rings. The number of hydrogen-bond donors (Lipinski definition) is 0. The maximum atomic E-state index is 13.6. The Bertz CT molecular complexity index is 997. The van der Waals surface area contributed by atoms with Gasteiger partial charge in [-0.15, -0.1) is 0 Å². The average molecular weight is 442 g/mol. The second kappa shape index (κ2) is 7.76. The summed E-state index contributed by atoms with van der Waals surface area (Å²) in [6, 6.07) is 3.22. The molecule has 0 saturated carbocycles. The minimum absolute atomic E-state index is 0.511. The highest BCUT2D eigenvalue weighted by Gasteiger charge is 2.29. The van der Waals surface area contributed by atoms with Gasteiger partial charge in [-0.25, -0.2) is 26.3 Å². The van der Waals surface area contributed by atoms with E-state index >= 15 is 0 Å². The van der Waals surface area contributed by atoms with Crippen molar-refractivity contribution in [2.75, 3.05) is 0 Å². The van der Waals surface area contributed by atoms with Gasteiger partial charge in [-0.2, -0.15) is 17.6 Å². The fourth-order valence-electron chi connectivity index (χ4n) is 2.16. The summed E-state index contributed by atoms with van der Waals surface area (Å²) in [5, 5.41) is 0. The molecule has 0 aromatic heterocycles. The minimum Gasteiger partial charge on any atom is -0.451 e. The van der Waals surface area contributed by atoms with E-state index in [-0.39, 0.29) is 0 Å². The van der Waals surface area contributed by atoms with Crippen LogP contribution in [-0.2, 0) is 0 Å². The second-order valence-electron chi connectivity index (χ2n) is 5.47. The summed E-state index contributed by atoms with van der Waals surface area (Å²) in [4.78, 5) is 0. The Labute approximate surface area is 159 Å². The topological polar surface area (TPSA) is 18.5 Å². The Morgan fingerprint density at radius 3 is 0.767 bits per heavy atom. The predicted molar refractivity (Wildman–Crippen MR) is 79.1 cm³/mol. The van der Waals surface area contributed by atoms with E-state index < -0.39 is 81.2 Å². The van der Waals surface area contributed by atoms with Crippen molar-refractivity contribution in [3.05, 3.63) is 82.4 Å². The molecule has 3 aromatic carbocycles. The third-order valence-corrected chi connectivity index (χ3v) is 3.60. The molecule has 0 aliphatic rings. The summed E-state index contributed by atoms with van der Waals surface area (Å²) in [6.45, 7) is 0. The van der Waals surface area contributed by atoms with Crippen molar-refractivity contribution in [2.45, 2.75) is 0 Å². The van der Waals surface area contributed by atoms with Crippen LogP contribution in [0.25, 0.3) is 0 Å². The summed E-state index contributed by atoms with van der Waals surface area (Å²) in [6.07, 6.45) is 0. The van der Waals surface area contributed by atoms with Crippen LogP contribution in [0, 0.1) is 58.2 Å². The van der Waals surface area contributed by atoms with Crippen molar-refractivity contribution in [3.63, 3.8) is 0 Å². The monoisotopic (exact) mass is 442 g/mol. The van der Waals surface area contributed by atoms with E-state index in [0.717, 1.165) is 24.3 Å². The van der Waals surface area contributed by atoms with E-state index in [0.29, 0.717) is 0 Å². The lowest BCUT2D eigenvalue weighted by Gasteiger charge is -2.12. The van der Waals surface area contributed by atoms with Crippen LogP contribution < -0.4 is 9.47 Å². The first-order valence-electron chi connectivity index (χ1n) is 7.53. The largest absolute Gasteiger partial charge is 0.451 e. The quantitative estimate of drug-likeness (QED) is 0.256. The highest BCUT2D eigenvalue weighted by Crippen LogP contribution is 2.35. The number of hydrogen-bond acceptors (Lipinski definition) is 2. The van der Waals surface area contributed by atoms with E-state index in [1.807, 2.05) is 0 Å². The van der Waals surface area contributed by atoms with Gasteiger partial charge >= 0.3 is 0 Å². The van der Waals surface area contributed by atoms with E-state index in [1.165, 1.54) is 0 Å². The Kier molecular flexibility index (Phi) is 5.51. The van der Waals surface area contributed by atoms with Crippen LogP contribution in [-0.4, -0.2) is 0 Å². The second-order valence-corrected chi connectivity index (χ2v) is 5.47. The van der Waals surface area contributed by atoms with Crippen LogP contribution in [0.15, 0.2) is 24.3 Å². The molecule has 2 nitrogen and oxygen atoms in total. The molecule has 0 bridgehead atoms. The Morgan fingerprint density at radius 1 is 0.333 bits per heavy atom. The fraction of sp³-hybridized carbons (Fsp3) is 0. The van der Waals surface area contributed by atoms with Gasteiger partial charge in [0, 0.05) is 0 Å². The van der Waals surface area contributed by atoms with E-state index in [1.54, 1.807) is 0 Å². The summed E-state index contributed by atoms with van der Waals surface area (Å²) < 4.78 is 142. The van der Waals surface area contributed by atoms with Gasteiger partial charge in [0.05, 0.1) is 0 Å². The lowest BCUT2D eigenvalue weighted by molar-refractivity contribution is 0.329. The van der Waals surface area contributed by atoms with Crippen molar-refractivity contribution in [1.82, 2.24) is 0 Å². The molecule has 0 unspecified atom stereocenters. The zero-order chi connectivity index (χ0) is 22.3. The highest BCUT2D eigenvalue weighted by atomic mass is 19.2. The van der Waals surface area contributed by atoms with Gasteiger partial charge in [-0.05, 0) is 24.3 Å². The Morgan fingerprint density at radius 2 is 0.533 bits per heavy atom. The predicted octanol–water partition coefficient (Wildman–Crippen LogP) is 6.66. The third-order valence-electron chi connectivity index (χ3n) is 3.60. The van der Waals surface area contributed by atoms with Crippen LogP contribution in [0.1, 0.15) is 0 Å². The summed E-state index contributed by atoms with van der Waals surface area (Å²) >= 11 is 0. The number of halogens is 10. The van der Waals surface area contributed by atoms with Gasteiger partial charge in [0.25, 0.3) is 0 Å². The highest BCUT2D eigenvalue weighted by molar-refractivity contribution is 5.40. The summed E-state index contributed by atoms with van der Waals surface area (Å²) in [5.41, 5.74) is 0. The first kappa shape index (κ1) is 21.3. The standard InChI is InChI=1S/C18H4F10O2/c19-7-9(21)13(25)17(14(26)10(7)22)29-5-1-2-6(4-3-5)30-18-15(27)11(23)8(20)12(24)16(18)28/h1-4H. The molecule has 3 rings (SSSR count). The lowest BCUT2D eigenvalue weighted by atomic mass is 10.2. The number of benzene rings is 3. The summed E-state index contributed by atoms with van der Waals surface area (Å²) in [7, 11) is 0. The van der Waals surface area contributed by atoms with Crippen LogP contribution in [0.2, 0.25) is 0 Å². The molecule has 0 aliphatic carbocycles. The molecule has 0 N–H and O–H groups in total. The maximum Gasteiger partial charge on any atom is 0.207 e. The molecule has 0 amide bonds. The molecule has 0 atom stereocenters. The van der Waals surface area contributed by atoms with Crippen molar-refractivity contribution in [1.29, 1.82) is 0 Å². The van der Waals surface area contributed by atoms with Gasteiger partial charge in [0.15, 0.2) is 0 Å². The maximum absolute atomic E-state index is 13.6. The summed E-state index contributed by atoms with van der Waals surface area (Å²) in [5.74, 6) is -27.1. The SMILES string of the molecule is Fc1c(F)c(F)c(Oc2ccc(Oc3c(F)c(F)c(F)c(F)c3F)cc2)c(F)c1F. The van der Waals surface area contributed by atoms with Gasteiger partial charge in [0.2, 0.25) is 69.7 Å². The van der Waals surface area contributed by atoms with E-state index in [9.17, 15) is 43.9 Å².